The Morgan fingerprint density at radius 1 is 1.00 bits per heavy atom. The molecule has 1 aliphatic carbocycles. The largest absolute Gasteiger partial charge is 0.352 e. The molecule has 0 aliphatic heterocycles. The Hall–Kier alpha value is -2.88. The average Bonchev–Trinajstić information content (AvgIpc) is 3.46. The van der Waals surface area contributed by atoms with Gasteiger partial charge in [0.15, 0.2) is 0 Å². The summed E-state index contributed by atoms with van der Waals surface area (Å²) in [5.41, 5.74) is 1.12. The maximum absolute atomic E-state index is 14.1. The summed E-state index contributed by atoms with van der Waals surface area (Å²) in [6, 6.07) is 21.2. The number of nitrogens with one attached hydrogen (secondary N) is 1. The van der Waals surface area contributed by atoms with E-state index in [4.69, 9.17) is 11.6 Å². The number of sulfonamides is 1. The van der Waals surface area contributed by atoms with Gasteiger partial charge in [-0.1, -0.05) is 83.7 Å². The predicted octanol–water partition coefficient (Wildman–Crippen LogP) is 6.16. The van der Waals surface area contributed by atoms with Gasteiger partial charge in [-0.25, -0.2) is 8.42 Å². The number of carbonyl (C=O) groups is 2. The summed E-state index contributed by atoms with van der Waals surface area (Å²) in [7, 11) is -4.10. The fourth-order valence-electron chi connectivity index (χ4n) is 4.95. The van der Waals surface area contributed by atoms with Crippen LogP contribution in [0.15, 0.2) is 88.2 Å². The van der Waals surface area contributed by atoms with E-state index in [2.05, 4.69) is 21.2 Å². The van der Waals surface area contributed by atoms with Crippen molar-refractivity contribution in [2.24, 2.45) is 0 Å². The maximum Gasteiger partial charge on any atom is 0.264 e. The smallest absolute Gasteiger partial charge is 0.264 e. The van der Waals surface area contributed by atoms with E-state index < -0.39 is 28.5 Å². The van der Waals surface area contributed by atoms with E-state index in [1.807, 2.05) is 6.92 Å². The van der Waals surface area contributed by atoms with E-state index in [1.54, 1.807) is 66.7 Å². The normalized spacial score (nSPS) is 14.5. The van der Waals surface area contributed by atoms with Gasteiger partial charge in [0, 0.05) is 22.1 Å². The van der Waals surface area contributed by atoms with Crippen molar-refractivity contribution >= 4 is 55.1 Å². The zero-order chi connectivity index (χ0) is 28.7. The molecule has 1 N–H and O–H groups in total. The molecule has 0 radical (unpaired) electrons. The number of nitrogens with zero attached hydrogens (tertiary/aromatic N) is 2. The van der Waals surface area contributed by atoms with Gasteiger partial charge in [0.2, 0.25) is 11.8 Å². The first kappa shape index (κ1) is 30.1. The fourth-order valence-corrected chi connectivity index (χ4v) is 6.89. The molecule has 3 aromatic carbocycles. The number of halogens is 2. The van der Waals surface area contributed by atoms with Crippen LogP contribution in [0, 0.1) is 0 Å². The molecule has 0 aromatic heterocycles. The lowest BCUT2D eigenvalue weighted by atomic mass is 10.1. The van der Waals surface area contributed by atoms with Crippen molar-refractivity contribution in [3.63, 3.8) is 0 Å². The van der Waals surface area contributed by atoms with Crippen molar-refractivity contribution < 1.29 is 18.0 Å². The second-order valence-corrected chi connectivity index (χ2v) is 13.1. The van der Waals surface area contributed by atoms with Crippen molar-refractivity contribution in [1.29, 1.82) is 0 Å². The van der Waals surface area contributed by atoms with Crippen molar-refractivity contribution in [1.82, 2.24) is 10.2 Å². The minimum absolute atomic E-state index is 0.0676. The molecule has 1 aliphatic rings. The molecular weight excluding hydrogens is 614 g/mol. The Morgan fingerprint density at radius 2 is 1.68 bits per heavy atom. The highest BCUT2D eigenvalue weighted by atomic mass is 79.9. The van der Waals surface area contributed by atoms with Gasteiger partial charge in [0.05, 0.1) is 10.6 Å². The molecule has 1 saturated carbocycles. The van der Waals surface area contributed by atoms with Gasteiger partial charge >= 0.3 is 0 Å². The second-order valence-electron chi connectivity index (χ2n) is 9.87. The summed E-state index contributed by atoms with van der Waals surface area (Å²) in [4.78, 5) is 29.1. The van der Waals surface area contributed by atoms with Gasteiger partial charge in [0.1, 0.15) is 12.6 Å². The van der Waals surface area contributed by atoms with Crippen LogP contribution < -0.4 is 9.62 Å². The summed E-state index contributed by atoms with van der Waals surface area (Å²) < 4.78 is 29.5. The molecule has 0 spiro atoms. The van der Waals surface area contributed by atoms with E-state index in [0.29, 0.717) is 21.6 Å². The molecule has 7 nitrogen and oxygen atoms in total. The number of hydrogen-bond donors (Lipinski definition) is 1. The Balaban J connectivity index is 1.70. The lowest BCUT2D eigenvalue weighted by Gasteiger charge is -2.33. The standard InChI is InChI=1S/C30H33BrClN3O4S/c1-2-28(30(37)33-25-10-6-7-11-25)34(20-22-15-17-24(32)18-16-22)29(36)21-35(26-12-8-9-23(31)19-26)40(38,39)27-13-4-3-5-14-27/h3-5,8-9,12-19,25,28H,2,6-7,10-11,20-21H2,1H3,(H,33,37)/t28-/m0/s1. The molecule has 1 fully saturated rings. The number of carbonyl (C=O) groups excluding carboxylic acids is 2. The topological polar surface area (TPSA) is 86.8 Å². The Labute approximate surface area is 249 Å². The third-order valence-electron chi connectivity index (χ3n) is 7.06. The zero-order valence-corrected chi connectivity index (χ0v) is 25.5. The third kappa shape index (κ3) is 7.44. The molecule has 40 heavy (non-hydrogen) atoms. The lowest BCUT2D eigenvalue weighted by Crippen LogP contribution is -2.53. The molecule has 0 heterocycles. The molecular formula is C30H33BrClN3O4S. The molecule has 0 saturated heterocycles. The van der Waals surface area contributed by atoms with Crippen molar-refractivity contribution in [3.8, 4) is 0 Å². The summed E-state index contributed by atoms with van der Waals surface area (Å²) in [6.45, 7) is 1.51. The molecule has 0 bridgehead atoms. The number of rotatable bonds is 11. The zero-order valence-electron chi connectivity index (χ0n) is 22.3. The van der Waals surface area contributed by atoms with Crippen LogP contribution in [0.25, 0.3) is 0 Å². The van der Waals surface area contributed by atoms with Crippen molar-refractivity contribution in [3.05, 3.63) is 93.9 Å². The lowest BCUT2D eigenvalue weighted by molar-refractivity contribution is -0.140. The predicted molar refractivity (Wildman–Crippen MR) is 162 cm³/mol. The highest BCUT2D eigenvalue weighted by Gasteiger charge is 2.34. The van der Waals surface area contributed by atoms with Crippen LogP contribution in [-0.4, -0.2) is 43.8 Å². The summed E-state index contributed by atoms with van der Waals surface area (Å²) in [5, 5.41) is 3.67. The van der Waals surface area contributed by atoms with Gasteiger partial charge in [-0.3, -0.25) is 13.9 Å². The molecule has 4 rings (SSSR count). The Bertz CT molecular complexity index is 1410. The minimum atomic E-state index is -4.10. The quantitative estimate of drug-likeness (QED) is 0.270. The van der Waals surface area contributed by atoms with Gasteiger partial charge in [-0.15, -0.1) is 0 Å². The summed E-state index contributed by atoms with van der Waals surface area (Å²) >= 11 is 9.50. The maximum atomic E-state index is 14.1. The second kappa shape index (κ2) is 13.7. The number of amides is 2. The van der Waals surface area contributed by atoms with Crippen molar-refractivity contribution in [2.45, 2.75) is 62.6 Å². The van der Waals surface area contributed by atoms with E-state index in [0.717, 1.165) is 35.6 Å². The van der Waals surface area contributed by atoms with Gasteiger partial charge in [-0.05, 0) is 67.3 Å². The summed E-state index contributed by atoms with van der Waals surface area (Å²) in [6.07, 6.45) is 4.33. The van der Waals surface area contributed by atoms with E-state index in [1.165, 1.54) is 17.0 Å². The average molecular weight is 647 g/mol. The molecule has 2 amide bonds. The van der Waals surface area contributed by atoms with Gasteiger partial charge < -0.3 is 10.2 Å². The highest BCUT2D eigenvalue weighted by Crippen LogP contribution is 2.27. The highest BCUT2D eigenvalue weighted by molar-refractivity contribution is 9.10. The van der Waals surface area contributed by atoms with E-state index >= 15 is 0 Å². The van der Waals surface area contributed by atoms with Crippen LogP contribution in [0.2, 0.25) is 5.02 Å². The Kier molecular flexibility index (Phi) is 10.3. The molecule has 212 valence electrons. The monoisotopic (exact) mass is 645 g/mol. The van der Waals surface area contributed by atoms with Crippen molar-refractivity contribution in [2.75, 3.05) is 10.8 Å². The van der Waals surface area contributed by atoms with Crippen LogP contribution in [0.1, 0.15) is 44.6 Å². The fraction of sp³-hybridized carbons (Fsp3) is 0.333. The number of anilines is 1. The van der Waals surface area contributed by atoms with Crippen LogP contribution in [0.4, 0.5) is 5.69 Å². The van der Waals surface area contributed by atoms with Crippen LogP contribution >= 0.6 is 27.5 Å². The number of hydrogen-bond acceptors (Lipinski definition) is 4. The first-order chi connectivity index (χ1) is 19.2. The molecule has 1 atom stereocenters. The van der Waals surface area contributed by atoms with Crippen LogP contribution in [-0.2, 0) is 26.2 Å². The molecule has 0 unspecified atom stereocenters. The molecule has 3 aromatic rings. The SMILES string of the molecule is CC[C@@H](C(=O)NC1CCCC1)N(Cc1ccc(Cl)cc1)C(=O)CN(c1cccc(Br)c1)S(=O)(=O)c1ccccc1. The summed E-state index contributed by atoms with van der Waals surface area (Å²) in [5.74, 6) is -0.709. The third-order valence-corrected chi connectivity index (χ3v) is 9.59. The first-order valence-electron chi connectivity index (χ1n) is 13.4. The van der Waals surface area contributed by atoms with Gasteiger partial charge in [-0.2, -0.15) is 0 Å². The van der Waals surface area contributed by atoms with Gasteiger partial charge in [0.25, 0.3) is 10.0 Å². The van der Waals surface area contributed by atoms with Crippen LogP contribution in [0.5, 0.6) is 0 Å². The van der Waals surface area contributed by atoms with E-state index in [-0.39, 0.29) is 23.4 Å². The molecule has 10 heteroatoms. The number of benzene rings is 3. The van der Waals surface area contributed by atoms with Crippen LogP contribution in [0.3, 0.4) is 0 Å². The first-order valence-corrected chi connectivity index (χ1v) is 16.0. The van der Waals surface area contributed by atoms with E-state index in [9.17, 15) is 18.0 Å². The Morgan fingerprint density at radius 3 is 2.30 bits per heavy atom. The minimum Gasteiger partial charge on any atom is -0.352 e.